The molecular weight excluding hydrogens is 288 g/mol. The van der Waals surface area contributed by atoms with Gasteiger partial charge in [0.1, 0.15) is 0 Å². The Morgan fingerprint density at radius 2 is 1.95 bits per heavy atom. The molecule has 22 heavy (non-hydrogen) atoms. The van der Waals surface area contributed by atoms with Gasteiger partial charge in [-0.25, -0.2) is 0 Å². The number of thioether (sulfide) groups is 1. The highest BCUT2D eigenvalue weighted by Crippen LogP contribution is 2.35. The highest BCUT2D eigenvalue weighted by Gasteiger charge is 2.32. The maximum absolute atomic E-state index is 4.60. The lowest BCUT2D eigenvalue weighted by Crippen LogP contribution is -2.48. The van der Waals surface area contributed by atoms with Crippen LogP contribution in [-0.2, 0) is 0 Å². The molecule has 2 fully saturated rings. The summed E-state index contributed by atoms with van der Waals surface area (Å²) < 4.78 is 0. The first kappa shape index (κ1) is 14.5. The van der Waals surface area contributed by atoms with Gasteiger partial charge in [-0.3, -0.25) is 4.98 Å². The van der Waals surface area contributed by atoms with E-state index in [2.05, 4.69) is 34.1 Å². The van der Waals surface area contributed by atoms with E-state index in [4.69, 9.17) is 0 Å². The summed E-state index contributed by atoms with van der Waals surface area (Å²) in [5.74, 6) is 2.11. The first-order valence-corrected chi connectivity index (χ1v) is 9.61. The molecule has 0 amide bonds. The quantitative estimate of drug-likeness (QED) is 0.771. The van der Waals surface area contributed by atoms with Crippen LogP contribution in [0, 0.1) is 5.92 Å². The van der Waals surface area contributed by atoms with Gasteiger partial charge < -0.3 is 4.90 Å². The molecule has 0 N–H and O–H groups in total. The molecule has 0 unspecified atom stereocenters. The van der Waals surface area contributed by atoms with Gasteiger partial charge in [-0.1, -0.05) is 24.6 Å². The lowest BCUT2D eigenvalue weighted by Gasteiger charge is -2.44. The van der Waals surface area contributed by atoms with E-state index < -0.39 is 0 Å². The van der Waals surface area contributed by atoms with Crippen molar-refractivity contribution in [2.24, 2.45) is 5.92 Å². The van der Waals surface area contributed by atoms with Crippen LogP contribution in [0.5, 0.6) is 0 Å². The Bertz CT molecular complexity index is 635. The number of piperidine rings is 2. The molecule has 0 radical (unpaired) electrons. The zero-order valence-electron chi connectivity index (χ0n) is 13.1. The van der Waals surface area contributed by atoms with Gasteiger partial charge in [0, 0.05) is 28.3 Å². The van der Waals surface area contributed by atoms with Crippen LogP contribution in [0.1, 0.15) is 32.1 Å². The Kier molecular flexibility index (Phi) is 4.35. The third-order valence-electron chi connectivity index (χ3n) is 5.28. The predicted molar refractivity (Wildman–Crippen MR) is 94.4 cm³/mol. The maximum Gasteiger partial charge on any atom is 0.0837 e. The number of aromatic nitrogens is 1. The van der Waals surface area contributed by atoms with E-state index in [1.54, 1.807) is 0 Å². The molecule has 0 saturated carbocycles. The standard InChI is InChI=1S/C19H24N2S/c1-2-12-21-13-5-8-16(17(21)9-1)14-22-18-10-3-6-15-7-4-11-20-19(15)18/h3-4,6-7,10-11,16-17H,1-2,5,8-9,12-14H2/t16-,17+/m1/s1. The molecule has 2 atom stereocenters. The van der Waals surface area contributed by atoms with Gasteiger partial charge in [-0.15, -0.1) is 11.8 Å². The molecule has 0 aliphatic carbocycles. The van der Waals surface area contributed by atoms with E-state index in [0.717, 1.165) is 12.0 Å². The molecular formula is C19H24N2S. The highest BCUT2D eigenvalue weighted by atomic mass is 32.2. The van der Waals surface area contributed by atoms with Crippen molar-refractivity contribution in [1.29, 1.82) is 0 Å². The van der Waals surface area contributed by atoms with Crippen LogP contribution < -0.4 is 0 Å². The first-order valence-electron chi connectivity index (χ1n) is 8.62. The van der Waals surface area contributed by atoms with Crippen molar-refractivity contribution >= 4 is 22.7 Å². The minimum Gasteiger partial charge on any atom is -0.300 e. The topological polar surface area (TPSA) is 16.1 Å². The fraction of sp³-hybridized carbons (Fsp3) is 0.526. The third-order valence-corrected chi connectivity index (χ3v) is 6.51. The van der Waals surface area contributed by atoms with Crippen molar-refractivity contribution in [3.05, 3.63) is 36.5 Å². The van der Waals surface area contributed by atoms with Crippen LogP contribution in [0.25, 0.3) is 10.9 Å². The van der Waals surface area contributed by atoms with Crippen molar-refractivity contribution in [2.45, 2.75) is 43.0 Å². The van der Waals surface area contributed by atoms with E-state index in [9.17, 15) is 0 Å². The number of benzene rings is 1. The Labute approximate surface area is 137 Å². The number of para-hydroxylation sites is 1. The molecule has 2 aromatic rings. The van der Waals surface area contributed by atoms with Crippen LogP contribution >= 0.6 is 11.8 Å². The number of hydrogen-bond donors (Lipinski definition) is 0. The average molecular weight is 312 g/mol. The summed E-state index contributed by atoms with van der Waals surface area (Å²) in [5, 5.41) is 1.26. The Morgan fingerprint density at radius 3 is 2.95 bits per heavy atom. The van der Waals surface area contributed by atoms with Crippen molar-refractivity contribution in [2.75, 3.05) is 18.8 Å². The highest BCUT2D eigenvalue weighted by molar-refractivity contribution is 7.99. The largest absolute Gasteiger partial charge is 0.300 e. The van der Waals surface area contributed by atoms with Gasteiger partial charge in [0.25, 0.3) is 0 Å². The maximum atomic E-state index is 4.60. The zero-order chi connectivity index (χ0) is 14.8. The van der Waals surface area contributed by atoms with Crippen LogP contribution in [0.4, 0.5) is 0 Å². The number of rotatable bonds is 3. The van der Waals surface area contributed by atoms with Gasteiger partial charge in [0.05, 0.1) is 5.52 Å². The van der Waals surface area contributed by atoms with E-state index in [1.165, 1.54) is 66.7 Å². The van der Waals surface area contributed by atoms with Crippen LogP contribution in [0.3, 0.4) is 0 Å². The lowest BCUT2D eigenvalue weighted by molar-refractivity contribution is 0.0693. The zero-order valence-corrected chi connectivity index (χ0v) is 13.9. The summed E-state index contributed by atoms with van der Waals surface area (Å²) in [7, 11) is 0. The van der Waals surface area contributed by atoms with E-state index in [1.807, 2.05) is 24.0 Å². The van der Waals surface area contributed by atoms with Gasteiger partial charge in [-0.05, 0) is 56.8 Å². The van der Waals surface area contributed by atoms with Gasteiger partial charge in [0.2, 0.25) is 0 Å². The summed E-state index contributed by atoms with van der Waals surface area (Å²) in [4.78, 5) is 8.71. The summed E-state index contributed by atoms with van der Waals surface area (Å²) in [5.41, 5.74) is 1.17. The number of hydrogen-bond acceptors (Lipinski definition) is 3. The fourth-order valence-electron chi connectivity index (χ4n) is 4.16. The smallest absolute Gasteiger partial charge is 0.0837 e. The second kappa shape index (κ2) is 6.59. The van der Waals surface area contributed by atoms with Crippen molar-refractivity contribution < 1.29 is 0 Å². The first-order chi connectivity index (χ1) is 10.9. The number of fused-ring (bicyclic) bond motifs is 2. The van der Waals surface area contributed by atoms with Gasteiger partial charge >= 0.3 is 0 Å². The van der Waals surface area contributed by atoms with Crippen LogP contribution in [-0.4, -0.2) is 34.8 Å². The number of pyridine rings is 1. The molecule has 116 valence electrons. The lowest BCUT2D eigenvalue weighted by atomic mass is 9.85. The molecule has 3 heteroatoms. The monoisotopic (exact) mass is 312 g/mol. The third kappa shape index (κ3) is 2.89. The van der Waals surface area contributed by atoms with Gasteiger partial charge in [0.15, 0.2) is 0 Å². The van der Waals surface area contributed by atoms with E-state index in [0.29, 0.717) is 0 Å². The molecule has 1 aromatic heterocycles. The fourth-order valence-corrected chi connectivity index (χ4v) is 5.43. The van der Waals surface area contributed by atoms with Crippen LogP contribution in [0.2, 0.25) is 0 Å². The molecule has 0 spiro atoms. The second-order valence-electron chi connectivity index (χ2n) is 6.64. The molecule has 2 aliphatic rings. The summed E-state index contributed by atoms with van der Waals surface area (Å²) in [6.45, 7) is 2.67. The van der Waals surface area contributed by atoms with Crippen LogP contribution in [0.15, 0.2) is 41.4 Å². The van der Waals surface area contributed by atoms with E-state index >= 15 is 0 Å². The summed E-state index contributed by atoms with van der Waals surface area (Å²) in [6.07, 6.45) is 8.96. The van der Waals surface area contributed by atoms with Crippen molar-refractivity contribution in [1.82, 2.24) is 9.88 Å². The second-order valence-corrected chi connectivity index (χ2v) is 7.71. The number of nitrogens with zero attached hydrogens (tertiary/aromatic N) is 2. The molecule has 4 rings (SSSR count). The summed E-state index contributed by atoms with van der Waals surface area (Å²) in [6, 6.07) is 11.6. The Balaban J connectivity index is 1.49. The summed E-state index contributed by atoms with van der Waals surface area (Å²) >= 11 is 2.02. The molecule has 3 heterocycles. The molecule has 2 saturated heterocycles. The molecule has 2 aliphatic heterocycles. The van der Waals surface area contributed by atoms with E-state index in [-0.39, 0.29) is 0 Å². The van der Waals surface area contributed by atoms with Gasteiger partial charge in [-0.2, -0.15) is 0 Å². The molecule has 2 nitrogen and oxygen atoms in total. The average Bonchev–Trinajstić information content (AvgIpc) is 2.60. The molecule has 1 aromatic carbocycles. The van der Waals surface area contributed by atoms with Crippen molar-refractivity contribution in [3.8, 4) is 0 Å². The Hall–Kier alpha value is -1.06. The normalized spacial score (nSPS) is 26.0. The Morgan fingerprint density at radius 1 is 1.05 bits per heavy atom. The minimum atomic E-state index is 0.845. The van der Waals surface area contributed by atoms with Crippen molar-refractivity contribution in [3.63, 3.8) is 0 Å². The predicted octanol–water partition coefficient (Wildman–Crippen LogP) is 4.59. The SMILES string of the molecule is c1cnc2c(SC[C@H]3CCCN4CCCC[C@@H]34)cccc2c1. The molecule has 0 bridgehead atoms. The minimum absolute atomic E-state index is 0.845.